The summed E-state index contributed by atoms with van der Waals surface area (Å²) in [5.74, 6) is 0.323. The Kier molecular flexibility index (Phi) is 8.65. The van der Waals surface area contributed by atoms with Gasteiger partial charge in [0.1, 0.15) is 11.4 Å². The number of aliphatic hydroxyl groups is 1. The van der Waals surface area contributed by atoms with Crippen LogP contribution in [0.1, 0.15) is 25.0 Å². The van der Waals surface area contributed by atoms with E-state index in [0.29, 0.717) is 25.6 Å². The van der Waals surface area contributed by atoms with E-state index in [1.54, 1.807) is 24.3 Å². The summed E-state index contributed by atoms with van der Waals surface area (Å²) in [6.07, 6.45) is 0. The van der Waals surface area contributed by atoms with Crippen molar-refractivity contribution in [1.29, 1.82) is 0 Å². The van der Waals surface area contributed by atoms with Gasteiger partial charge in [-0.2, -0.15) is 11.3 Å². The van der Waals surface area contributed by atoms with Crippen LogP contribution in [0.5, 0.6) is 0 Å². The predicted octanol–water partition coefficient (Wildman–Crippen LogP) is 3.47. The average molecular weight is 463 g/mol. The van der Waals surface area contributed by atoms with Crippen molar-refractivity contribution in [3.63, 3.8) is 0 Å². The lowest BCUT2D eigenvalue weighted by atomic mass is 9.99. The fraction of sp³-hybridized carbons (Fsp3) is 0.353. The molecule has 132 valence electrons. The van der Waals surface area contributed by atoms with Gasteiger partial charge in [0.25, 0.3) is 0 Å². The van der Waals surface area contributed by atoms with E-state index in [0.717, 1.165) is 11.1 Å². The highest BCUT2D eigenvalue weighted by Gasteiger charge is 2.23. The summed E-state index contributed by atoms with van der Waals surface area (Å²) < 4.78 is 13.2. The Balaban J connectivity index is 0.00000288. The number of benzene rings is 1. The second-order valence-corrected chi connectivity index (χ2v) is 6.24. The summed E-state index contributed by atoms with van der Waals surface area (Å²) in [4.78, 5) is 4.43. The minimum absolute atomic E-state index is 0. The SMILES string of the molecule is CCNC(=NCc1cccc(F)c1)NCC(C)(O)c1ccsc1.I. The fourth-order valence-electron chi connectivity index (χ4n) is 2.08. The second kappa shape index (κ2) is 9.95. The summed E-state index contributed by atoms with van der Waals surface area (Å²) >= 11 is 1.55. The van der Waals surface area contributed by atoms with Crippen LogP contribution in [0.3, 0.4) is 0 Å². The molecule has 1 heterocycles. The van der Waals surface area contributed by atoms with Gasteiger partial charge in [-0.3, -0.25) is 0 Å². The Morgan fingerprint density at radius 2 is 2.12 bits per heavy atom. The van der Waals surface area contributed by atoms with Gasteiger partial charge < -0.3 is 15.7 Å². The quantitative estimate of drug-likeness (QED) is 0.350. The van der Waals surface area contributed by atoms with Crippen LogP contribution in [0.2, 0.25) is 0 Å². The topological polar surface area (TPSA) is 56.7 Å². The van der Waals surface area contributed by atoms with E-state index in [-0.39, 0.29) is 29.8 Å². The summed E-state index contributed by atoms with van der Waals surface area (Å²) in [5, 5.41) is 20.6. The van der Waals surface area contributed by atoms with Crippen LogP contribution in [-0.2, 0) is 12.1 Å². The van der Waals surface area contributed by atoms with E-state index in [4.69, 9.17) is 0 Å². The maximum Gasteiger partial charge on any atom is 0.191 e. The molecule has 3 N–H and O–H groups in total. The van der Waals surface area contributed by atoms with Gasteiger partial charge in [0, 0.05) is 6.54 Å². The molecular formula is C17H23FIN3OS. The maximum absolute atomic E-state index is 13.2. The van der Waals surface area contributed by atoms with Crippen molar-refractivity contribution < 1.29 is 9.50 Å². The number of thiophene rings is 1. The molecule has 0 radical (unpaired) electrons. The minimum atomic E-state index is -0.977. The molecule has 2 aromatic rings. The highest BCUT2D eigenvalue weighted by molar-refractivity contribution is 14.0. The number of guanidine groups is 1. The molecule has 0 bridgehead atoms. The van der Waals surface area contributed by atoms with Crippen molar-refractivity contribution >= 4 is 41.3 Å². The Bertz CT molecular complexity index is 647. The molecule has 0 aliphatic heterocycles. The van der Waals surface area contributed by atoms with Crippen LogP contribution in [0.25, 0.3) is 0 Å². The molecule has 4 nitrogen and oxygen atoms in total. The third-order valence-corrected chi connectivity index (χ3v) is 4.08. The molecule has 1 aromatic heterocycles. The van der Waals surface area contributed by atoms with E-state index < -0.39 is 5.60 Å². The highest BCUT2D eigenvalue weighted by Crippen LogP contribution is 2.21. The van der Waals surface area contributed by atoms with Gasteiger partial charge in [-0.15, -0.1) is 24.0 Å². The molecule has 1 unspecified atom stereocenters. The standard InChI is InChI=1S/C17H22FN3OS.HI/c1-3-19-16(20-10-13-5-4-6-15(18)9-13)21-12-17(2,22)14-7-8-23-11-14;/h4-9,11,22H,3,10,12H2,1-2H3,(H2,19,20,21);1H. The van der Waals surface area contributed by atoms with Crippen molar-refractivity contribution in [3.05, 3.63) is 58.0 Å². The van der Waals surface area contributed by atoms with Gasteiger partial charge in [0.15, 0.2) is 5.96 Å². The summed E-state index contributed by atoms with van der Waals surface area (Å²) in [7, 11) is 0. The number of hydrogen-bond donors (Lipinski definition) is 3. The zero-order chi connectivity index (χ0) is 16.7. The van der Waals surface area contributed by atoms with E-state index >= 15 is 0 Å². The zero-order valence-corrected chi connectivity index (χ0v) is 16.9. The molecular weight excluding hydrogens is 440 g/mol. The molecule has 0 amide bonds. The average Bonchev–Trinajstić information content (AvgIpc) is 3.05. The molecule has 0 fully saturated rings. The molecule has 0 aliphatic rings. The fourth-order valence-corrected chi connectivity index (χ4v) is 2.86. The lowest BCUT2D eigenvalue weighted by Gasteiger charge is -2.24. The Hall–Kier alpha value is -1.19. The smallest absolute Gasteiger partial charge is 0.191 e. The van der Waals surface area contributed by atoms with Crippen LogP contribution in [-0.4, -0.2) is 24.2 Å². The second-order valence-electron chi connectivity index (χ2n) is 5.46. The number of halogens is 2. The normalized spacial score (nSPS) is 13.8. The van der Waals surface area contributed by atoms with Gasteiger partial charge in [-0.1, -0.05) is 12.1 Å². The molecule has 1 aromatic carbocycles. The van der Waals surface area contributed by atoms with E-state index in [2.05, 4.69) is 15.6 Å². The van der Waals surface area contributed by atoms with Gasteiger partial charge in [0.2, 0.25) is 0 Å². The van der Waals surface area contributed by atoms with Gasteiger partial charge in [-0.05, 0) is 53.9 Å². The van der Waals surface area contributed by atoms with Gasteiger partial charge >= 0.3 is 0 Å². The monoisotopic (exact) mass is 463 g/mol. The van der Waals surface area contributed by atoms with Crippen LogP contribution >= 0.6 is 35.3 Å². The number of nitrogens with zero attached hydrogens (tertiary/aromatic N) is 1. The minimum Gasteiger partial charge on any atom is -0.384 e. The van der Waals surface area contributed by atoms with Crippen molar-refractivity contribution in [2.75, 3.05) is 13.1 Å². The van der Waals surface area contributed by atoms with Crippen molar-refractivity contribution in [1.82, 2.24) is 10.6 Å². The van der Waals surface area contributed by atoms with Crippen molar-refractivity contribution in [2.45, 2.75) is 26.0 Å². The van der Waals surface area contributed by atoms with Crippen LogP contribution in [0.4, 0.5) is 4.39 Å². The molecule has 0 saturated carbocycles. The maximum atomic E-state index is 13.2. The number of aliphatic imine (C=N–C) groups is 1. The molecule has 0 aliphatic carbocycles. The number of nitrogens with one attached hydrogen (secondary N) is 2. The Labute approximate surface area is 163 Å². The zero-order valence-electron chi connectivity index (χ0n) is 13.8. The van der Waals surface area contributed by atoms with Crippen LogP contribution < -0.4 is 10.6 Å². The van der Waals surface area contributed by atoms with E-state index in [1.807, 2.05) is 29.8 Å². The molecule has 0 spiro atoms. The molecule has 24 heavy (non-hydrogen) atoms. The first-order valence-corrected chi connectivity index (χ1v) is 8.47. The Morgan fingerprint density at radius 1 is 1.33 bits per heavy atom. The van der Waals surface area contributed by atoms with Gasteiger partial charge in [0.05, 0.1) is 13.1 Å². The summed E-state index contributed by atoms with van der Waals surface area (Å²) in [5.41, 5.74) is 0.692. The highest BCUT2D eigenvalue weighted by atomic mass is 127. The van der Waals surface area contributed by atoms with Crippen molar-refractivity contribution in [3.8, 4) is 0 Å². The molecule has 7 heteroatoms. The molecule has 1 atom stereocenters. The third kappa shape index (κ3) is 6.37. The summed E-state index contributed by atoms with van der Waals surface area (Å²) in [6.45, 7) is 5.14. The van der Waals surface area contributed by atoms with Crippen LogP contribution in [0.15, 0.2) is 46.1 Å². The molecule has 0 saturated heterocycles. The first-order chi connectivity index (χ1) is 11.0. The lowest BCUT2D eigenvalue weighted by Crippen LogP contribution is -2.44. The predicted molar refractivity (Wildman–Crippen MR) is 109 cm³/mol. The first-order valence-electron chi connectivity index (χ1n) is 7.53. The van der Waals surface area contributed by atoms with E-state index in [1.165, 1.54) is 12.1 Å². The third-order valence-electron chi connectivity index (χ3n) is 3.40. The van der Waals surface area contributed by atoms with Crippen molar-refractivity contribution in [2.24, 2.45) is 4.99 Å². The van der Waals surface area contributed by atoms with Gasteiger partial charge in [-0.25, -0.2) is 9.38 Å². The number of hydrogen-bond acceptors (Lipinski definition) is 3. The largest absolute Gasteiger partial charge is 0.384 e. The first kappa shape index (κ1) is 20.9. The Morgan fingerprint density at radius 3 is 2.75 bits per heavy atom. The van der Waals surface area contributed by atoms with Crippen LogP contribution in [0, 0.1) is 5.82 Å². The lowest BCUT2D eigenvalue weighted by molar-refractivity contribution is 0.0621. The number of rotatable bonds is 6. The van der Waals surface area contributed by atoms with E-state index in [9.17, 15) is 9.50 Å². The molecule has 2 rings (SSSR count). The summed E-state index contributed by atoms with van der Waals surface area (Å²) in [6, 6.07) is 8.28.